The minimum Gasteiger partial charge on any atom is -0.377 e. The number of thiophene rings is 1. The van der Waals surface area contributed by atoms with Crippen LogP contribution in [0.4, 0.5) is 5.00 Å². The molecule has 84 valence electrons. The minimum absolute atomic E-state index is 0.370. The van der Waals surface area contributed by atoms with Crippen LogP contribution in [0.5, 0.6) is 0 Å². The average molecular weight is 291 g/mol. The van der Waals surface area contributed by atoms with Crippen LogP contribution in [-0.2, 0) is 4.74 Å². The number of rotatable bonds is 4. The summed E-state index contributed by atoms with van der Waals surface area (Å²) in [5.74, 6) is 0. The smallest absolute Gasteiger partial charge is 0.0894 e. The van der Waals surface area contributed by atoms with Gasteiger partial charge in [-0.15, -0.1) is 11.3 Å². The Labute approximate surface area is 102 Å². The van der Waals surface area contributed by atoms with Crippen LogP contribution in [0.25, 0.3) is 0 Å². The fourth-order valence-electron chi connectivity index (χ4n) is 1.57. The topological polar surface area (TPSA) is 33.3 Å². The van der Waals surface area contributed by atoms with E-state index in [1.54, 1.807) is 11.3 Å². The summed E-state index contributed by atoms with van der Waals surface area (Å²) in [4.78, 5) is 0. The summed E-state index contributed by atoms with van der Waals surface area (Å²) < 4.78 is 6.78. The van der Waals surface area contributed by atoms with Crippen LogP contribution in [-0.4, -0.2) is 32.3 Å². The molecular weight excluding hydrogens is 276 g/mol. The molecule has 0 radical (unpaired) electrons. The third kappa shape index (κ3) is 3.75. The molecular formula is C10H15BrN2OS. The van der Waals surface area contributed by atoms with Crippen LogP contribution in [0.2, 0.25) is 0 Å². The van der Waals surface area contributed by atoms with E-state index in [9.17, 15) is 0 Å². The fourth-order valence-corrected chi connectivity index (χ4v) is 2.88. The fraction of sp³-hybridized carbons (Fsp3) is 0.600. The van der Waals surface area contributed by atoms with Gasteiger partial charge in [-0.3, -0.25) is 0 Å². The van der Waals surface area contributed by atoms with Gasteiger partial charge in [0.05, 0.1) is 21.5 Å². The third-order valence-corrected chi connectivity index (χ3v) is 3.92. The van der Waals surface area contributed by atoms with Gasteiger partial charge in [0.25, 0.3) is 0 Å². The lowest BCUT2D eigenvalue weighted by Crippen LogP contribution is -2.39. The maximum Gasteiger partial charge on any atom is 0.0894 e. The van der Waals surface area contributed by atoms with E-state index in [0.29, 0.717) is 6.10 Å². The predicted octanol–water partition coefficient (Wildman–Crippen LogP) is 2.30. The zero-order valence-corrected chi connectivity index (χ0v) is 10.9. The first-order chi connectivity index (χ1) is 7.34. The van der Waals surface area contributed by atoms with Crippen LogP contribution in [0.3, 0.4) is 0 Å². The number of halogens is 1. The van der Waals surface area contributed by atoms with E-state index < -0.39 is 0 Å². The van der Waals surface area contributed by atoms with E-state index in [-0.39, 0.29) is 0 Å². The Morgan fingerprint density at radius 1 is 1.60 bits per heavy atom. The van der Waals surface area contributed by atoms with Gasteiger partial charge in [0.2, 0.25) is 0 Å². The van der Waals surface area contributed by atoms with E-state index in [1.165, 1.54) is 8.79 Å². The SMILES string of the molecule is Brc1ccc(NCCC2CNCCO2)s1. The zero-order chi connectivity index (χ0) is 10.5. The van der Waals surface area contributed by atoms with Gasteiger partial charge >= 0.3 is 0 Å². The highest BCUT2D eigenvalue weighted by Crippen LogP contribution is 2.26. The maximum atomic E-state index is 5.61. The monoisotopic (exact) mass is 290 g/mol. The molecule has 2 rings (SSSR count). The Balaban J connectivity index is 1.65. The molecule has 0 saturated carbocycles. The molecule has 1 aliphatic rings. The van der Waals surface area contributed by atoms with Crippen molar-refractivity contribution in [2.45, 2.75) is 12.5 Å². The highest BCUT2D eigenvalue weighted by atomic mass is 79.9. The highest BCUT2D eigenvalue weighted by Gasteiger charge is 2.12. The normalized spacial score (nSPS) is 21.5. The summed E-state index contributed by atoms with van der Waals surface area (Å²) in [5, 5.41) is 7.94. The summed E-state index contributed by atoms with van der Waals surface area (Å²) in [6.45, 7) is 3.78. The number of anilines is 1. The molecule has 0 bridgehead atoms. The molecule has 1 saturated heterocycles. The van der Waals surface area contributed by atoms with Crippen molar-refractivity contribution in [1.29, 1.82) is 0 Å². The summed E-state index contributed by atoms with van der Waals surface area (Å²) >= 11 is 5.17. The number of ether oxygens (including phenoxy) is 1. The molecule has 5 heteroatoms. The Bertz CT molecular complexity index is 299. The molecule has 1 aromatic heterocycles. The average Bonchev–Trinajstić information content (AvgIpc) is 2.66. The Hall–Kier alpha value is -0.100. The molecule has 0 spiro atoms. The molecule has 2 heterocycles. The minimum atomic E-state index is 0.370. The molecule has 1 unspecified atom stereocenters. The van der Waals surface area contributed by atoms with Crippen LogP contribution >= 0.6 is 27.3 Å². The van der Waals surface area contributed by atoms with Crippen molar-refractivity contribution in [1.82, 2.24) is 5.32 Å². The molecule has 1 aliphatic heterocycles. The van der Waals surface area contributed by atoms with E-state index in [0.717, 1.165) is 32.7 Å². The summed E-state index contributed by atoms with van der Waals surface area (Å²) in [5.41, 5.74) is 0. The van der Waals surface area contributed by atoms with Crippen molar-refractivity contribution in [2.75, 3.05) is 31.6 Å². The van der Waals surface area contributed by atoms with Gasteiger partial charge in [0.15, 0.2) is 0 Å². The molecule has 1 aromatic rings. The van der Waals surface area contributed by atoms with E-state index in [2.05, 4.69) is 38.7 Å². The largest absolute Gasteiger partial charge is 0.377 e. The van der Waals surface area contributed by atoms with Crippen LogP contribution in [0, 0.1) is 0 Å². The quantitative estimate of drug-likeness (QED) is 0.893. The maximum absolute atomic E-state index is 5.61. The predicted molar refractivity (Wildman–Crippen MR) is 67.7 cm³/mol. The van der Waals surface area contributed by atoms with Gasteiger partial charge in [-0.05, 0) is 34.5 Å². The van der Waals surface area contributed by atoms with Gasteiger partial charge in [-0.1, -0.05) is 0 Å². The van der Waals surface area contributed by atoms with Gasteiger partial charge in [-0.25, -0.2) is 0 Å². The second kappa shape index (κ2) is 5.84. The van der Waals surface area contributed by atoms with Gasteiger partial charge in [0, 0.05) is 19.6 Å². The number of hydrogen-bond donors (Lipinski definition) is 2. The van der Waals surface area contributed by atoms with Crippen molar-refractivity contribution in [2.24, 2.45) is 0 Å². The van der Waals surface area contributed by atoms with Crippen molar-refractivity contribution < 1.29 is 4.74 Å². The Morgan fingerprint density at radius 3 is 3.20 bits per heavy atom. The van der Waals surface area contributed by atoms with Gasteiger partial charge in [0.1, 0.15) is 0 Å². The Kier molecular flexibility index (Phi) is 4.43. The second-order valence-corrected chi connectivity index (χ2v) is 5.98. The van der Waals surface area contributed by atoms with Crippen LogP contribution in [0.1, 0.15) is 6.42 Å². The Morgan fingerprint density at radius 2 is 2.53 bits per heavy atom. The van der Waals surface area contributed by atoms with E-state index in [4.69, 9.17) is 4.74 Å². The van der Waals surface area contributed by atoms with Crippen molar-refractivity contribution in [3.63, 3.8) is 0 Å². The lowest BCUT2D eigenvalue weighted by Gasteiger charge is -2.23. The molecule has 3 nitrogen and oxygen atoms in total. The molecule has 0 aliphatic carbocycles. The first-order valence-electron chi connectivity index (χ1n) is 5.16. The summed E-state index contributed by atoms with van der Waals surface area (Å²) in [6, 6.07) is 4.15. The molecule has 1 fully saturated rings. The number of morpholine rings is 1. The first-order valence-corrected chi connectivity index (χ1v) is 6.77. The lowest BCUT2D eigenvalue weighted by atomic mass is 10.2. The molecule has 15 heavy (non-hydrogen) atoms. The van der Waals surface area contributed by atoms with Crippen molar-refractivity contribution in [3.8, 4) is 0 Å². The molecule has 1 atom stereocenters. The zero-order valence-electron chi connectivity index (χ0n) is 8.46. The summed E-state index contributed by atoms with van der Waals surface area (Å²) in [7, 11) is 0. The molecule has 0 amide bonds. The first kappa shape index (κ1) is 11.4. The number of hydrogen-bond acceptors (Lipinski definition) is 4. The third-order valence-electron chi connectivity index (χ3n) is 2.34. The molecule has 0 aromatic carbocycles. The van der Waals surface area contributed by atoms with Crippen LogP contribution in [0.15, 0.2) is 15.9 Å². The highest BCUT2D eigenvalue weighted by molar-refractivity contribution is 9.11. The molecule has 2 N–H and O–H groups in total. The van der Waals surface area contributed by atoms with E-state index >= 15 is 0 Å². The number of nitrogens with one attached hydrogen (secondary N) is 2. The van der Waals surface area contributed by atoms with Crippen molar-refractivity contribution >= 4 is 32.3 Å². The van der Waals surface area contributed by atoms with Gasteiger partial charge < -0.3 is 15.4 Å². The van der Waals surface area contributed by atoms with Crippen LogP contribution < -0.4 is 10.6 Å². The van der Waals surface area contributed by atoms with Crippen molar-refractivity contribution in [3.05, 3.63) is 15.9 Å². The lowest BCUT2D eigenvalue weighted by molar-refractivity contribution is 0.0258. The van der Waals surface area contributed by atoms with Gasteiger partial charge in [-0.2, -0.15) is 0 Å². The second-order valence-electron chi connectivity index (χ2n) is 3.52. The summed E-state index contributed by atoms with van der Waals surface area (Å²) in [6.07, 6.45) is 1.43. The van der Waals surface area contributed by atoms with E-state index in [1.807, 2.05) is 0 Å². The standard InChI is InChI=1S/C10H15BrN2OS/c11-9-1-2-10(15-9)13-4-3-8-7-12-5-6-14-8/h1-2,8,12-13H,3-7H2.